The van der Waals surface area contributed by atoms with E-state index in [1.54, 1.807) is 7.11 Å². The molecule has 0 radical (unpaired) electrons. The van der Waals surface area contributed by atoms with Crippen LogP contribution < -0.4 is 14.8 Å². The van der Waals surface area contributed by atoms with Crippen molar-refractivity contribution in [3.8, 4) is 11.5 Å². The number of methoxy groups -OCH3 is 1. The molecular weight excluding hydrogens is 474 g/mol. The fourth-order valence-electron chi connectivity index (χ4n) is 5.03. The van der Waals surface area contributed by atoms with Gasteiger partial charge in [-0.3, -0.25) is 0 Å². The molecule has 2 atom stereocenters. The summed E-state index contributed by atoms with van der Waals surface area (Å²) in [6.07, 6.45) is -0.526. The normalized spacial score (nSPS) is 18.2. The highest BCUT2D eigenvalue weighted by Gasteiger charge is 2.46. The Hall–Kier alpha value is -3.54. The summed E-state index contributed by atoms with van der Waals surface area (Å²) < 4.78 is 24.9. The number of rotatable bonds is 9. The van der Waals surface area contributed by atoms with Gasteiger partial charge < -0.3 is 24.3 Å². The van der Waals surface area contributed by atoms with Gasteiger partial charge in [0.2, 0.25) is 0 Å². The summed E-state index contributed by atoms with van der Waals surface area (Å²) in [6.45, 7) is 9.46. The minimum atomic E-state index is -0.568. The van der Waals surface area contributed by atoms with Crippen LogP contribution in [0, 0.1) is 0 Å². The topological polar surface area (TPSA) is 49.0 Å². The van der Waals surface area contributed by atoms with Crippen LogP contribution in [0.4, 0.5) is 5.69 Å². The maximum absolute atomic E-state index is 6.61. The molecule has 38 heavy (non-hydrogen) atoms. The summed E-state index contributed by atoms with van der Waals surface area (Å²) in [4.78, 5) is 0. The minimum absolute atomic E-state index is 0.0319. The van der Waals surface area contributed by atoms with E-state index in [9.17, 15) is 0 Å². The molecule has 0 saturated carbocycles. The van der Waals surface area contributed by atoms with Crippen molar-refractivity contribution < 1.29 is 18.9 Å². The van der Waals surface area contributed by atoms with E-state index in [4.69, 9.17) is 18.9 Å². The third kappa shape index (κ3) is 5.79. The lowest BCUT2D eigenvalue weighted by atomic mass is 9.87. The van der Waals surface area contributed by atoms with Gasteiger partial charge in [-0.25, -0.2) is 0 Å². The van der Waals surface area contributed by atoms with Gasteiger partial charge in [0, 0.05) is 17.8 Å². The van der Waals surface area contributed by atoms with Crippen molar-refractivity contribution in [2.75, 3.05) is 12.4 Å². The van der Waals surface area contributed by atoms with Gasteiger partial charge in [-0.05, 0) is 86.0 Å². The second-order valence-electron chi connectivity index (χ2n) is 10.7. The van der Waals surface area contributed by atoms with E-state index in [1.165, 1.54) is 16.3 Å². The fraction of sp³-hybridized carbons (Fsp3) is 0.333. The number of ether oxygens (including phenoxy) is 4. The molecule has 4 aromatic rings. The molecule has 0 spiro atoms. The molecular formula is C33H37NO4. The largest absolute Gasteiger partial charge is 0.497 e. The summed E-state index contributed by atoms with van der Waals surface area (Å²) in [5.41, 5.74) is 3.74. The van der Waals surface area contributed by atoms with Crippen molar-refractivity contribution in [2.45, 2.75) is 64.8 Å². The highest BCUT2D eigenvalue weighted by atomic mass is 16.6. The van der Waals surface area contributed by atoms with Crippen LogP contribution in [0.15, 0.2) is 84.9 Å². The number of benzene rings is 4. The van der Waals surface area contributed by atoms with Crippen molar-refractivity contribution >= 4 is 16.5 Å². The van der Waals surface area contributed by atoms with Gasteiger partial charge in [0.15, 0.2) is 0 Å². The molecule has 0 fully saturated rings. The molecule has 5 heteroatoms. The van der Waals surface area contributed by atoms with Crippen LogP contribution in [0.25, 0.3) is 10.8 Å². The molecule has 0 saturated heterocycles. The van der Waals surface area contributed by atoms with Crippen molar-refractivity contribution in [1.29, 1.82) is 0 Å². The summed E-state index contributed by atoms with van der Waals surface area (Å²) in [7, 11) is 1.68. The van der Waals surface area contributed by atoms with E-state index >= 15 is 0 Å². The van der Waals surface area contributed by atoms with Crippen LogP contribution in [-0.4, -0.2) is 24.9 Å². The predicted molar refractivity (Wildman–Crippen MR) is 153 cm³/mol. The van der Waals surface area contributed by atoms with Crippen molar-refractivity contribution in [3.63, 3.8) is 0 Å². The molecule has 198 valence electrons. The molecule has 0 bridgehead atoms. The first-order valence-corrected chi connectivity index (χ1v) is 13.3. The van der Waals surface area contributed by atoms with Gasteiger partial charge in [0.1, 0.15) is 29.3 Å². The summed E-state index contributed by atoms with van der Waals surface area (Å²) in [6, 6.07) is 29.2. The smallest absolute Gasteiger partial charge is 0.132 e. The molecule has 0 aromatic heterocycles. The Bertz CT molecular complexity index is 1380. The van der Waals surface area contributed by atoms with Gasteiger partial charge >= 0.3 is 0 Å². The Kier molecular flexibility index (Phi) is 7.59. The molecule has 5 rings (SSSR count). The molecule has 1 aliphatic rings. The van der Waals surface area contributed by atoms with E-state index in [2.05, 4.69) is 99.7 Å². The van der Waals surface area contributed by atoms with E-state index in [-0.39, 0.29) is 18.3 Å². The highest BCUT2D eigenvalue weighted by molar-refractivity contribution is 5.82. The number of hydrogen-bond acceptors (Lipinski definition) is 5. The van der Waals surface area contributed by atoms with Crippen LogP contribution >= 0.6 is 0 Å². The summed E-state index contributed by atoms with van der Waals surface area (Å²) >= 11 is 0. The molecule has 0 amide bonds. The first kappa shape index (κ1) is 26.1. The third-order valence-electron chi connectivity index (χ3n) is 6.97. The first-order chi connectivity index (χ1) is 18.3. The second-order valence-corrected chi connectivity index (χ2v) is 10.7. The van der Waals surface area contributed by atoms with E-state index < -0.39 is 5.60 Å². The lowest BCUT2D eigenvalue weighted by Crippen LogP contribution is -2.51. The first-order valence-electron chi connectivity index (χ1n) is 13.3. The van der Waals surface area contributed by atoms with Crippen LogP contribution in [0.3, 0.4) is 0 Å². The lowest BCUT2D eigenvalue weighted by molar-refractivity contribution is -0.177. The van der Waals surface area contributed by atoms with Gasteiger partial charge in [-0.1, -0.05) is 48.5 Å². The monoisotopic (exact) mass is 511 g/mol. The highest BCUT2D eigenvalue weighted by Crippen LogP contribution is 2.45. The van der Waals surface area contributed by atoms with Crippen LogP contribution in [0.5, 0.6) is 11.5 Å². The zero-order chi connectivity index (χ0) is 26.7. The van der Waals surface area contributed by atoms with Crippen molar-refractivity contribution in [3.05, 3.63) is 102 Å². The zero-order valence-electron chi connectivity index (χ0n) is 22.9. The van der Waals surface area contributed by atoms with Crippen molar-refractivity contribution in [1.82, 2.24) is 0 Å². The average molecular weight is 512 g/mol. The summed E-state index contributed by atoms with van der Waals surface area (Å²) in [5, 5.41) is 5.97. The van der Waals surface area contributed by atoms with Crippen LogP contribution in [-0.2, 0) is 22.6 Å². The Balaban J connectivity index is 1.37. The molecule has 1 aliphatic heterocycles. The molecule has 5 nitrogen and oxygen atoms in total. The zero-order valence-corrected chi connectivity index (χ0v) is 22.9. The second kappa shape index (κ2) is 11.1. The van der Waals surface area contributed by atoms with E-state index in [0.29, 0.717) is 13.2 Å². The third-order valence-corrected chi connectivity index (χ3v) is 6.97. The number of anilines is 1. The van der Waals surface area contributed by atoms with Gasteiger partial charge in [-0.15, -0.1) is 0 Å². The molecule has 1 N–H and O–H groups in total. The quantitative estimate of drug-likeness (QED) is 0.250. The van der Waals surface area contributed by atoms with Gasteiger partial charge in [0.25, 0.3) is 0 Å². The summed E-state index contributed by atoms with van der Waals surface area (Å²) in [5.74, 6) is 1.69. The number of nitrogens with one attached hydrogen (secondary N) is 1. The molecule has 4 aromatic carbocycles. The number of fused-ring (bicyclic) bond motifs is 2. The average Bonchev–Trinajstić information content (AvgIpc) is 2.91. The van der Waals surface area contributed by atoms with Crippen molar-refractivity contribution in [2.24, 2.45) is 0 Å². The lowest BCUT2D eigenvalue weighted by Gasteiger charge is -2.45. The Morgan fingerprint density at radius 3 is 2.34 bits per heavy atom. The Morgan fingerprint density at radius 1 is 0.868 bits per heavy atom. The fourth-order valence-corrected chi connectivity index (χ4v) is 5.03. The predicted octanol–water partition coefficient (Wildman–Crippen LogP) is 7.68. The van der Waals surface area contributed by atoms with Crippen LogP contribution in [0.2, 0.25) is 0 Å². The molecule has 0 aliphatic carbocycles. The van der Waals surface area contributed by atoms with Gasteiger partial charge in [0.05, 0.1) is 19.8 Å². The Morgan fingerprint density at radius 2 is 1.61 bits per heavy atom. The maximum Gasteiger partial charge on any atom is 0.132 e. The molecule has 2 unspecified atom stereocenters. The standard InChI is InChI=1S/C33H37NO4/c1-22(2)37-31-29-19-27(34-20-23-11-15-28(35-5)16-12-23)14-17-30(29)38-33(3,4)32(31)36-21-24-10-13-25-8-6-7-9-26(25)18-24/h6-19,22,31-32,34H,20-21H2,1-5H3. The maximum atomic E-state index is 6.61. The van der Waals surface area contributed by atoms with Crippen LogP contribution in [0.1, 0.15) is 50.5 Å². The van der Waals surface area contributed by atoms with Gasteiger partial charge in [-0.2, -0.15) is 0 Å². The minimum Gasteiger partial charge on any atom is -0.497 e. The van der Waals surface area contributed by atoms with E-state index in [0.717, 1.165) is 28.3 Å². The van der Waals surface area contributed by atoms with E-state index in [1.807, 2.05) is 18.2 Å². The SMILES string of the molecule is COc1ccc(CNc2ccc3c(c2)C(OC(C)C)C(OCc2ccc4ccccc4c2)C(C)(C)O3)cc1. The number of hydrogen-bond donors (Lipinski definition) is 1. The Labute approximate surface area is 225 Å². The molecule has 1 heterocycles.